The molecule has 0 atom stereocenters. The molecule has 0 aromatic heterocycles. The van der Waals surface area contributed by atoms with Crippen LogP contribution in [0.4, 0.5) is 0 Å². The van der Waals surface area contributed by atoms with Gasteiger partial charge in [0.2, 0.25) is 0 Å². The molecule has 1 N–H and O–H groups in total. The molecule has 0 spiro atoms. The highest BCUT2D eigenvalue weighted by molar-refractivity contribution is 6.31. The van der Waals surface area contributed by atoms with Gasteiger partial charge in [-0.2, -0.15) is 0 Å². The van der Waals surface area contributed by atoms with Crippen LogP contribution in [0.3, 0.4) is 0 Å². The van der Waals surface area contributed by atoms with Crippen molar-refractivity contribution in [3.05, 3.63) is 93.5 Å². The minimum Gasteiger partial charge on any atom is -0.493 e. The summed E-state index contributed by atoms with van der Waals surface area (Å²) in [5.41, 5.74) is 3.13. The third-order valence-corrected chi connectivity index (χ3v) is 4.79. The van der Waals surface area contributed by atoms with Crippen LogP contribution in [0.25, 0.3) is 0 Å². The molecule has 27 heavy (non-hydrogen) atoms. The van der Waals surface area contributed by atoms with Gasteiger partial charge in [0.15, 0.2) is 11.5 Å². The Morgan fingerprint density at radius 3 is 2.26 bits per heavy atom. The van der Waals surface area contributed by atoms with Crippen molar-refractivity contribution in [2.24, 2.45) is 0 Å². The molecule has 3 rings (SSSR count). The first-order valence-electron chi connectivity index (χ1n) is 8.64. The molecule has 0 bridgehead atoms. The molecule has 0 radical (unpaired) electrons. The molecule has 0 aliphatic carbocycles. The standard InChI is InChI=1S/C22H21Cl2NO2/c1-26-21-8-4-6-18(14-25-13-17-5-2-3-7-20(17)24)22(21)27-15-16-9-11-19(23)12-10-16/h2-12,25H,13-15H2,1H3. The van der Waals surface area contributed by atoms with Crippen molar-refractivity contribution >= 4 is 23.2 Å². The zero-order valence-electron chi connectivity index (χ0n) is 15.0. The summed E-state index contributed by atoms with van der Waals surface area (Å²) in [4.78, 5) is 0. The number of hydrogen-bond donors (Lipinski definition) is 1. The number of ether oxygens (including phenoxy) is 2. The zero-order chi connectivity index (χ0) is 19.1. The smallest absolute Gasteiger partial charge is 0.166 e. The fourth-order valence-electron chi connectivity index (χ4n) is 2.73. The van der Waals surface area contributed by atoms with Crippen LogP contribution in [-0.2, 0) is 19.7 Å². The predicted molar refractivity (Wildman–Crippen MR) is 111 cm³/mol. The van der Waals surface area contributed by atoms with Gasteiger partial charge in [0.25, 0.3) is 0 Å². The zero-order valence-corrected chi connectivity index (χ0v) is 16.6. The van der Waals surface area contributed by atoms with Gasteiger partial charge in [-0.25, -0.2) is 0 Å². The number of nitrogens with one attached hydrogen (secondary N) is 1. The van der Waals surface area contributed by atoms with E-state index < -0.39 is 0 Å². The average molecular weight is 402 g/mol. The SMILES string of the molecule is COc1cccc(CNCc2ccccc2Cl)c1OCc1ccc(Cl)cc1. The normalized spacial score (nSPS) is 10.6. The van der Waals surface area contributed by atoms with Crippen LogP contribution < -0.4 is 14.8 Å². The fourth-order valence-corrected chi connectivity index (χ4v) is 3.06. The first-order valence-corrected chi connectivity index (χ1v) is 9.40. The molecule has 0 saturated carbocycles. The summed E-state index contributed by atoms with van der Waals surface area (Å²) in [5.74, 6) is 1.45. The first-order chi connectivity index (χ1) is 13.2. The second-order valence-electron chi connectivity index (χ2n) is 6.06. The Morgan fingerprint density at radius 2 is 1.52 bits per heavy atom. The molecule has 140 valence electrons. The highest BCUT2D eigenvalue weighted by atomic mass is 35.5. The van der Waals surface area contributed by atoms with Crippen LogP contribution >= 0.6 is 23.2 Å². The van der Waals surface area contributed by atoms with Gasteiger partial charge >= 0.3 is 0 Å². The third-order valence-electron chi connectivity index (χ3n) is 4.17. The highest BCUT2D eigenvalue weighted by Gasteiger charge is 2.11. The maximum absolute atomic E-state index is 6.22. The van der Waals surface area contributed by atoms with E-state index in [0.29, 0.717) is 30.5 Å². The largest absolute Gasteiger partial charge is 0.493 e. The molecule has 0 aliphatic rings. The molecule has 0 heterocycles. The van der Waals surface area contributed by atoms with Crippen LogP contribution in [0.5, 0.6) is 11.5 Å². The Morgan fingerprint density at radius 1 is 0.815 bits per heavy atom. The Balaban J connectivity index is 1.69. The van der Waals surface area contributed by atoms with Crippen molar-refractivity contribution in [2.75, 3.05) is 7.11 Å². The van der Waals surface area contributed by atoms with Crippen molar-refractivity contribution in [1.82, 2.24) is 5.32 Å². The number of hydrogen-bond acceptors (Lipinski definition) is 3. The lowest BCUT2D eigenvalue weighted by Gasteiger charge is -2.16. The lowest BCUT2D eigenvalue weighted by molar-refractivity contribution is 0.280. The van der Waals surface area contributed by atoms with Gasteiger partial charge in [0.05, 0.1) is 7.11 Å². The van der Waals surface area contributed by atoms with Crippen molar-refractivity contribution in [2.45, 2.75) is 19.7 Å². The molecule has 3 nitrogen and oxygen atoms in total. The Kier molecular flexibility index (Phi) is 6.99. The number of para-hydroxylation sites is 1. The summed E-state index contributed by atoms with van der Waals surface area (Å²) in [5, 5.41) is 4.89. The van der Waals surface area contributed by atoms with Crippen LogP contribution in [-0.4, -0.2) is 7.11 Å². The molecule has 3 aromatic carbocycles. The lowest BCUT2D eigenvalue weighted by atomic mass is 10.1. The maximum Gasteiger partial charge on any atom is 0.166 e. The number of methoxy groups -OCH3 is 1. The van der Waals surface area contributed by atoms with E-state index in [0.717, 1.165) is 27.5 Å². The second-order valence-corrected chi connectivity index (χ2v) is 6.90. The summed E-state index contributed by atoms with van der Waals surface area (Å²) < 4.78 is 11.6. The minimum atomic E-state index is 0.440. The van der Waals surface area contributed by atoms with Gasteiger partial charge in [-0.1, -0.05) is 65.7 Å². The van der Waals surface area contributed by atoms with Gasteiger partial charge in [-0.15, -0.1) is 0 Å². The van der Waals surface area contributed by atoms with Gasteiger partial charge in [-0.05, 0) is 35.4 Å². The van der Waals surface area contributed by atoms with E-state index in [9.17, 15) is 0 Å². The molecular formula is C22H21Cl2NO2. The Hall–Kier alpha value is -2.20. The van der Waals surface area contributed by atoms with E-state index in [4.69, 9.17) is 32.7 Å². The van der Waals surface area contributed by atoms with E-state index in [2.05, 4.69) is 5.32 Å². The van der Waals surface area contributed by atoms with E-state index >= 15 is 0 Å². The topological polar surface area (TPSA) is 30.5 Å². The van der Waals surface area contributed by atoms with E-state index in [1.54, 1.807) is 7.11 Å². The monoisotopic (exact) mass is 401 g/mol. The quantitative estimate of drug-likeness (QED) is 0.511. The number of benzene rings is 3. The lowest BCUT2D eigenvalue weighted by Crippen LogP contribution is -2.14. The Bertz CT molecular complexity index is 882. The van der Waals surface area contributed by atoms with Gasteiger partial charge in [0.1, 0.15) is 6.61 Å². The summed E-state index contributed by atoms with van der Waals surface area (Å²) in [6.07, 6.45) is 0. The molecule has 5 heteroatoms. The van der Waals surface area contributed by atoms with Gasteiger partial charge in [0, 0.05) is 28.7 Å². The van der Waals surface area contributed by atoms with E-state index in [1.165, 1.54) is 0 Å². The molecular weight excluding hydrogens is 381 g/mol. The van der Waals surface area contributed by atoms with Gasteiger partial charge < -0.3 is 14.8 Å². The van der Waals surface area contributed by atoms with E-state index in [-0.39, 0.29) is 0 Å². The molecule has 0 saturated heterocycles. The number of rotatable bonds is 8. The van der Waals surface area contributed by atoms with Crippen LogP contribution in [0.2, 0.25) is 10.0 Å². The average Bonchev–Trinajstić information content (AvgIpc) is 2.69. The summed E-state index contributed by atoms with van der Waals surface area (Å²) in [6, 6.07) is 21.3. The van der Waals surface area contributed by atoms with E-state index in [1.807, 2.05) is 66.7 Å². The highest BCUT2D eigenvalue weighted by Crippen LogP contribution is 2.32. The molecule has 0 aliphatic heterocycles. The molecule has 3 aromatic rings. The molecule has 0 unspecified atom stereocenters. The number of halogens is 2. The van der Waals surface area contributed by atoms with Crippen LogP contribution in [0.1, 0.15) is 16.7 Å². The molecule has 0 fully saturated rings. The first kappa shape index (κ1) is 19.6. The summed E-state index contributed by atoms with van der Waals surface area (Å²) in [7, 11) is 1.64. The second kappa shape index (κ2) is 9.65. The van der Waals surface area contributed by atoms with Crippen molar-refractivity contribution < 1.29 is 9.47 Å². The predicted octanol–water partition coefficient (Wildman–Crippen LogP) is 5.87. The molecule has 0 amide bonds. The van der Waals surface area contributed by atoms with Crippen molar-refractivity contribution in [3.8, 4) is 11.5 Å². The van der Waals surface area contributed by atoms with Crippen LogP contribution in [0, 0.1) is 0 Å². The maximum atomic E-state index is 6.22. The third kappa shape index (κ3) is 5.39. The van der Waals surface area contributed by atoms with Crippen molar-refractivity contribution in [3.63, 3.8) is 0 Å². The fraction of sp³-hybridized carbons (Fsp3) is 0.182. The van der Waals surface area contributed by atoms with Gasteiger partial charge in [-0.3, -0.25) is 0 Å². The van der Waals surface area contributed by atoms with Crippen molar-refractivity contribution in [1.29, 1.82) is 0 Å². The Labute approximate surface area is 169 Å². The summed E-state index contributed by atoms with van der Waals surface area (Å²) in [6.45, 7) is 1.75. The summed E-state index contributed by atoms with van der Waals surface area (Å²) >= 11 is 12.2. The van der Waals surface area contributed by atoms with Crippen LogP contribution in [0.15, 0.2) is 66.7 Å². The minimum absolute atomic E-state index is 0.440.